The van der Waals surface area contributed by atoms with Gasteiger partial charge in [0.2, 0.25) is 5.91 Å². The molecule has 14 heavy (non-hydrogen) atoms. The fraction of sp³-hybridized carbons (Fsp3) is 0.909. The average molecular weight is 199 g/mol. The molecule has 1 aliphatic heterocycles. The van der Waals surface area contributed by atoms with Crippen molar-refractivity contribution in [3.8, 4) is 0 Å². The third-order valence-electron chi connectivity index (χ3n) is 3.00. The summed E-state index contributed by atoms with van der Waals surface area (Å²) in [6.45, 7) is 7.21. The van der Waals surface area contributed by atoms with Crippen molar-refractivity contribution in [1.29, 1.82) is 0 Å². The maximum Gasteiger partial charge on any atom is 0.228 e. The molecule has 0 saturated carbocycles. The van der Waals surface area contributed by atoms with E-state index in [1.165, 1.54) is 0 Å². The maximum atomic E-state index is 11.9. The number of carbonyl (C=O) groups is 1. The molecule has 1 fully saturated rings. The van der Waals surface area contributed by atoms with E-state index in [4.69, 9.17) is 0 Å². The highest BCUT2D eigenvalue weighted by Gasteiger charge is 2.35. The van der Waals surface area contributed by atoms with Crippen molar-refractivity contribution in [3.63, 3.8) is 0 Å². The molecule has 1 amide bonds. The molecule has 1 heterocycles. The topological polar surface area (TPSA) is 40.5 Å². The molecule has 3 heteroatoms. The predicted molar refractivity (Wildman–Crippen MR) is 55.9 cm³/mol. The standard InChI is InChI=1S/C11H21NO2/c1-4-9(13)8-12-7-5-6-11(2,3)10(12)14/h9,13H,4-8H2,1-3H3. The summed E-state index contributed by atoms with van der Waals surface area (Å²) in [5.41, 5.74) is -0.230. The number of piperidine rings is 1. The third kappa shape index (κ3) is 2.47. The summed E-state index contributed by atoms with van der Waals surface area (Å²) in [7, 11) is 0. The first-order valence-electron chi connectivity index (χ1n) is 5.45. The van der Waals surface area contributed by atoms with E-state index >= 15 is 0 Å². The Morgan fingerprint density at radius 2 is 2.21 bits per heavy atom. The molecule has 1 rings (SSSR count). The lowest BCUT2D eigenvalue weighted by Crippen LogP contribution is -2.48. The van der Waals surface area contributed by atoms with Crippen LogP contribution in [0, 0.1) is 5.41 Å². The normalized spacial score (nSPS) is 23.7. The van der Waals surface area contributed by atoms with E-state index in [9.17, 15) is 9.90 Å². The van der Waals surface area contributed by atoms with Crippen molar-refractivity contribution in [2.24, 2.45) is 5.41 Å². The summed E-state index contributed by atoms with van der Waals surface area (Å²) in [5, 5.41) is 9.50. The zero-order valence-electron chi connectivity index (χ0n) is 9.42. The van der Waals surface area contributed by atoms with Gasteiger partial charge in [0.1, 0.15) is 0 Å². The molecule has 0 aliphatic carbocycles. The van der Waals surface area contributed by atoms with Crippen LogP contribution < -0.4 is 0 Å². The van der Waals surface area contributed by atoms with Crippen LogP contribution in [0.1, 0.15) is 40.0 Å². The largest absolute Gasteiger partial charge is 0.391 e. The van der Waals surface area contributed by atoms with Gasteiger partial charge in [0, 0.05) is 18.5 Å². The minimum Gasteiger partial charge on any atom is -0.391 e. The number of aliphatic hydroxyl groups excluding tert-OH is 1. The molecule has 3 nitrogen and oxygen atoms in total. The van der Waals surface area contributed by atoms with Gasteiger partial charge >= 0.3 is 0 Å². The highest BCUT2D eigenvalue weighted by atomic mass is 16.3. The Hall–Kier alpha value is -0.570. The van der Waals surface area contributed by atoms with E-state index in [1.54, 1.807) is 4.90 Å². The second kappa shape index (κ2) is 4.30. The summed E-state index contributed by atoms with van der Waals surface area (Å²) in [5.74, 6) is 0.191. The van der Waals surface area contributed by atoms with E-state index in [0.717, 1.165) is 19.4 Å². The van der Waals surface area contributed by atoms with Gasteiger partial charge in [0.25, 0.3) is 0 Å². The second-order valence-electron chi connectivity index (χ2n) is 4.80. The fourth-order valence-electron chi connectivity index (χ4n) is 1.91. The van der Waals surface area contributed by atoms with Crippen LogP contribution in [-0.2, 0) is 4.79 Å². The molecule has 0 bridgehead atoms. The highest BCUT2D eigenvalue weighted by Crippen LogP contribution is 2.29. The molecule has 0 aromatic heterocycles. The molecule has 1 aliphatic rings. The van der Waals surface area contributed by atoms with Crippen molar-refractivity contribution in [2.75, 3.05) is 13.1 Å². The van der Waals surface area contributed by atoms with Crippen LogP contribution >= 0.6 is 0 Å². The minimum absolute atomic E-state index is 0.191. The van der Waals surface area contributed by atoms with Crippen LogP contribution in [-0.4, -0.2) is 35.1 Å². The van der Waals surface area contributed by atoms with E-state index in [0.29, 0.717) is 13.0 Å². The van der Waals surface area contributed by atoms with E-state index in [2.05, 4.69) is 0 Å². The molecule has 1 N–H and O–H groups in total. The Labute approximate surface area is 86.1 Å². The number of nitrogens with zero attached hydrogens (tertiary/aromatic N) is 1. The van der Waals surface area contributed by atoms with E-state index in [1.807, 2.05) is 20.8 Å². The van der Waals surface area contributed by atoms with Gasteiger partial charge in [-0.05, 0) is 19.3 Å². The quantitative estimate of drug-likeness (QED) is 0.746. The molecule has 0 aromatic carbocycles. The molecule has 1 saturated heterocycles. The van der Waals surface area contributed by atoms with Gasteiger partial charge in [-0.25, -0.2) is 0 Å². The first-order chi connectivity index (χ1) is 6.47. The summed E-state index contributed by atoms with van der Waals surface area (Å²) in [6.07, 6.45) is 2.36. The molecule has 0 spiro atoms. The number of hydrogen-bond donors (Lipinski definition) is 1. The Balaban J connectivity index is 2.57. The van der Waals surface area contributed by atoms with E-state index in [-0.39, 0.29) is 17.4 Å². The molecule has 0 radical (unpaired) electrons. The summed E-state index contributed by atoms with van der Waals surface area (Å²) < 4.78 is 0. The number of likely N-dealkylation sites (tertiary alicyclic amines) is 1. The first kappa shape index (κ1) is 11.5. The van der Waals surface area contributed by atoms with Gasteiger partial charge < -0.3 is 10.0 Å². The number of carbonyl (C=O) groups excluding carboxylic acids is 1. The van der Waals surface area contributed by atoms with Crippen molar-refractivity contribution in [3.05, 3.63) is 0 Å². The summed E-state index contributed by atoms with van der Waals surface area (Å²) in [4.78, 5) is 13.7. The lowest BCUT2D eigenvalue weighted by atomic mass is 9.83. The number of amides is 1. The van der Waals surface area contributed by atoms with Gasteiger partial charge in [-0.2, -0.15) is 0 Å². The number of rotatable bonds is 3. The lowest BCUT2D eigenvalue weighted by molar-refractivity contribution is -0.145. The summed E-state index contributed by atoms with van der Waals surface area (Å²) >= 11 is 0. The second-order valence-corrected chi connectivity index (χ2v) is 4.80. The molecule has 1 atom stereocenters. The number of aliphatic hydroxyl groups is 1. The van der Waals surface area contributed by atoms with Crippen LogP contribution in [0.5, 0.6) is 0 Å². The van der Waals surface area contributed by atoms with Crippen LogP contribution in [0.4, 0.5) is 0 Å². The number of β-amino-alcohol motifs (C(OH)–C–C–N with tert-alkyl or cyclic N) is 1. The van der Waals surface area contributed by atoms with Gasteiger partial charge in [-0.15, -0.1) is 0 Å². The summed E-state index contributed by atoms with van der Waals surface area (Å²) in [6, 6.07) is 0. The Morgan fingerprint density at radius 3 is 2.79 bits per heavy atom. The highest BCUT2D eigenvalue weighted by molar-refractivity contribution is 5.82. The molecule has 0 aromatic rings. The van der Waals surface area contributed by atoms with Crippen LogP contribution in [0.2, 0.25) is 0 Å². The monoisotopic (exact) mass is 199 g/mol. The van der Waals surface area contributed by atoms with Gasteiger partial charge in [0.15, 0.2) is 0 Å². The van der Waals surface area contributed by atoms with Crippen LogP contribution in [0.3, 0.4) is 0 Å². The predicted octanol–water partition coefficient (Wildman–Crippen LogP) is 1.41. The first-order valence-corrected chi connectivity index (χ1v) is 5.45. The molecular weight excluding hydrogens is 178 g/mol. The van der Waals surface area contributed by atoms with Crippen molar-refractivity contribution in [1.82, 2.24) is 4.90 Å². The van der Waals surface area contributed by atoms with Crippen molar-refractivity contribution in [2.45, 2.75) is 46.1 Å². The number of hydrogen-bond acceptors (Lipinski definition) is 2. The molecule has 82 valence electrons. The van der Waals surface area contributed by atoms with Crippen molar-refractivity contribution < 1.29 is 9.90 Å². The van der Waals surface area contributed by atoms with Crippen molar-refractivity contribution >= 4 is 5.91 Å². The molecule has 1 unspecified atom stereocenters. The van der Waals surface area contributed by atoms with Crippen LogP contribution in [0.15, 0.2) is 0 Å². The Kier molecular flexibility index (Phi) is 3.53. The lowest BCUT2D eigenvalue weighted by Gasteiger charge is -2.37. The van der Waals surface area contributed by atoms with Crippen LogP contribution in [0.25, 0.3) is 0 Å². The third-order valence-corrected chi connectivity index (χ3v) is 3.00. The van der Waals surface area contributed by atoms with Gasteiger partial charge in [-0.1, -0.05) is 20.8 Å². The SMILES string of the molecule is CCC(O)CN1CCCC(C)(C)C1=O. The maximum absolute atomic E-state index is 11.9. The zero-order valence-corrected chi connectivity index (χ0v) is 9.42. The zero-order chi connectivity index (χ0) is 10.8. The van der Waals surface area contributed by atoms with Gasteiger partial charge in [0.05, 0.1) is 6.10 Å². The Morgan fingerprint density at radius 1 is 1.57 bits per heavy atom. The fourth-order valence-corrected chi connectivity index (χ4v) is 1.91. The Bertz CT molecular complexity index is 213. The van der Waals surface area contributed by atoms with Gasteiger partial charge in [-0.3, -0.25) is 4.79 Å². The minimum atomic E-state index is -0.368. The van der Waals surface area contributed by atoms with E-state index < -0.39 is 0 Å². The molecular formula is C11H21NO2. The smallest absolute Gasteiger partial charge is 0.228 e. The average Bonchev–Trinajstić information content (AvgIpc) is 2.12.